The number of imide groups is 1. The number of aryl methyl sites for hydroxylation is 1. The minimum atomic E-state index is -0.174. The maximum absolute atomic E-state index is 13.0. The first-order valence-corrected chi connectivity index (χ1v) is 8.32. The van der Waals surface area contributed by atoms with Crippen LogP contribution in [0.25, 0.3) is 0 Å². The highest BCUT2D eigenvalue weighted by molar-refractivity contribution is 6.22. The van der Waals surface area contributed by atoms with Gasteiger partial charge in [-0.25, -0.2) is 4.90 Å². The van der Waals surface area contributed by atoms with Crippen molar-refractivity contribution in [2.75, 3.05) is 11.4 Å². The Morgan fingerprint density at radius 1 is 1.05 bits per heavy atom. The quantitative estimate of drug-likeness (QED) is 0.810. The summed E-state index contributed by atoms with van der Waals surface area (Å²) in [5, 5.41) is 3.55. The van der Waals surface area contributed by atoms with Crippen LogP contribution in [0.1, 0.15) is 37.7 Å². The highest BCUT2D eigenvalue weighted by Gasteiger charge is 2.61. The average molecular weight is 298 g/mol. The Morgan fingerprint density at radius 2 is 1.73 bits per heavy atom. The summed E-state index contributed by atoms with van der Waals surface area (Å²) in [5.41, 5.74) is 1.73. The van der Waals surface area contributed by atoms with Crippen LogP contribution in [0.4, 0.5) is 5.69 Å². The summed E-state index contributed by atoms with van der Waals surface area (Å²) in [5.74, 6) is -0.354. The largest absolute Gasteiger partial charge is 0.310 e. The van der Waals surface area contributed by atoms with Gasteiger partial charge in [-0.15, -0.1) is 0 Å². The van der Waals surface area contributed by atoms with E-state index in [0.29, 0.717) is 6.54 Å². The van der Waals surface area contributed by atoms with Crippen LogP contribution in [0.2, 0.25) is 0 Å². The molecule has 2 amide bonds. The molecule has 3 fully saturated rings. The Balaban J connectivity index is 1.69. The fourth-order valence-corrected chi connectivity index (χ4v) is 4.60. The molecule has 1 aliphatic carbocycles. The van der Waals surface area contributed by atoms with Crippen molar-refractivity contribution in [3.05, 3.63) is 29.8 Å². The molecule has 1 spiro atoms. The molecule has 0 radical (unpaired) electrons. The molecular weight excluding hydrogens is 276 g/mol. The van der Waals surface area contributed by atoms with Crippen molar-refractivity contribution >= 4 is 17.5 Å². The monoisotopic (exact) mass is 298 g/mol. The molecule has 4 heteroatoms. The zero-order valence-electron chi connectivity index (χ0n) is 13.0. The summed E-state index contributed by atoms with van der Waals surface area (Å²) in [7, 11) is 0. The number of rotatable bonds is 1. The highest BCUT2D eigenvalue weighted by Crippen LogP contribution is 2.47. The van der Waals surface area contributed by atoms with Crippen molar-refractivity contribution in [1.82, 2.24) is 5.32 Å². The van der Waals surface area contributed by atoms with Crippen molar-refractivity contribution in [3.63, 3.8) is 0 Å². The Kier molecular flexibility index (Phi) is 3.12. The zero-order chi connectivity index (χ0) is 15.3. The number of fused-ring (bicyclic) bond motifs is 2. The number of amides is 2. The molecule has 1 aromatic rings. The molecule has 2 aliphatic heterocycles. The predicted octanol–water partition coefficient (Wildman–Crippen LogP) is 2.41. The minimum Gasteiger partial charge on any atom is -0.310 e. The van der Waals surface area contributed by atoms with Crippen LogP contribution in [0.15, 0.2) is 24.3 Å². The molecule has 2 atom stereocenters. The van der Waals surface area contributed by atoms with Crippen molar-refractivity contribution in [2.45, 2.75) is 44.6 Å². The topological polar surface area (TPSA) is 49.4 Å². The van der Waals surface area contributed by atoms with Crippen LogP contribution in [0.3, 0.4) is 0 Å². The average Bonchev–Trinajstić information content (AvgIpc) is 3.00. The van der Waals surface area contributed by atoms with Gasteiger partial charge in [-0.2, -0.15) is 0 Å². The van der Waals surface area contributed by atoms with Gasteiger partial charge in [0.1, 0.15) is 0 Å². The minimum absolute atomic E-state index is 0.00533. The first-order valence-electron chi connectivity index (χ1n) is 8.32. The lowest BCUT2D eigenvalue weighted by Gasteiger charge is -2.37. The number of hydrogen-bond donors (Lipinski definition) is 1. The maximum Gasteiger partial charge on any atom is 0.239 e. The van der Waals surface area contributed by atoms with Gasteiger partial charge in [0.25, 0.3) is 0 Å². The summed E-state index contributed by atoms with van der Waals surface area (Å²) in [6.45, 7) is 2.66. The van der Waals surface area contributed by atoms with Gasteiger partial charge in [-0.3, -0.25) is 9.59 Å². The van der Waals surface area contributed by atoms with Crippen LogP contribution < -0.4 is 10.2 Å². The van der Waals surface area contributed by atoms with E-state index in [-0.39, 0.29) is 29.2 Å². The van der Waals surface area contributed by atoms with Gasteiger partial charge in [-0.1, -0.05) is 37.0 Å². The molecule has 2 heterocycles. The lowest BCUT2D eigenvalue weighted by molar-refractivity contribution is -0.123. The van der Waals surface area contributed by atoms with Gasteiger partial charge in [0, 0.05) is 12.1 Å². The van der Waals surface area contributed by atoms with Gasteiger partial charge in [0.15, 0.2) is 0 Å². The van der Waals surface area contributed by atoms with Gasteiger partial charge in [0.05, 0.1) is 17.5 Å². The van der Waals surface area contributed by atoms with Crippen LogP contribution in [0.5, 0.6) is 0 Å². The second-order valence-corrected chi connectivity index (χ2v) is 7.03. The first kappa shape index (κ1) is 13.9. The van der Waals surface area contributed by atoms with Crippen LogP contribution in [-0.2, 0) is 9.59 Å². The van der Waals surface area contributed by atoms with Crippen LogP contribution >= 0.6 is 0 Å². The molecule has 4 nitrogen and oxygen atoms in total. The Labute approximate surface area is 130 Å². The number of carbonyl (C=O) groups is 2. The Hall–Kier alpha value is -1.68. The van der Waals surface area contributed by atoms with E-state index in [9.17, 15) is 9.59 Å². The first-order chi connectivity index (χ1) is 10.6. The SMILES string of the molecule is Cc1ccc(N2C(=O)C3CNC4(CCCCC4)C3C2=O)cc1. The number of nitrogens with zero attached hydrogens (tertiary/aromatic N) is 1. The number of benzene rings is 1. The summed E-state index contributed by atoms with van der Waals surface area (Å²) in [6.07, 6.45) is 5.60. The molecule has 1 N–H and O–H groups in total. The third-order valence-corrected chi connectivity index (χ3v) is 5.73. The molecule has 4 rings (SSSR count). The number of nitrogens with one attached hydrogen (secondary N) is 1. The maximum atomic E-state index is 13.0. The van der Waals surface area contributed by atoms with E-state index in [2.05, 4.69) is 5.32 Å². The van der Waals surface area contributed by atoms with E-state index >= 15 is 0 Å². The lowest BCUT2D eigenvalue weighted by Crippen LogP contribution is -2.50. The van der Waals surface area contributed by atoms with Crippen LogP contribution in [0, 0.1) is 18.8 Å². The smallest absolute Gasteiger partial charge is 0.239 e. The molecule has 2 saturated heterocycles. The molecule has 3 aliphatic rings. The second-order valence-electron chi connectivity index (χ2n) is 7.03. The summed E-state index contributed by atoms with van der Waals surface area (Å²) in [4.78, 5) is 27.2. The summed E-state index contributed by atoms with van der Waals surface area (Å²) >= 11 is 0. The zero-order valence-corrected chi connectivity index (χ0v) is 13.0. The summed E-state index contributed by atoms with van der Waals surface area (Å²) < 4.78 is 0. The lowest BCUT2D eigenvalue weighted by atomic mass is 9.72. The molecule has 0 aromatic heterocycles. The highest BCUT2D eigenvalue weighted by atomic mass is 16.2. The van der Waals surface area contributed by atoms with Gasteiger partial charge in [-0.05, 0) is 31.9 Å². The predicted molar refractivity (Wildman–Crippen MR) is 84.5 cm³/mol. The van der Waals surface area contributed by atoms with Crippen molar-refractivity contribution in [3.8, 4) is 0 Å². The normalized spacial score (nSPS) is 30.1. The molecule has 22 heavy (non-hydrogen) atoms. The number of anilines is 1. The fraction of sp³-hybridized carbons (Fsp3) is 0.556. The van der Waals surface area contributed by atoms with Gasteiger partial charge < -0.3 is 5.32 Å². The Morgan fingerprint density at radius 3 is 2.41 bits per heavy atom. The van der Waals surface area contributed by atoms with E-state index in [1.54, 1.807) is 0 Å². The van der Waals surface area contributed by atoms with Crippen molar-refractivity contribution in [1.29, 1.82) is 0 Å². The molecule has 2 unspecified atom stereocenters. The van der Waals surface area contributed by atoms with Crippen molar-refractivity contribution < 1.29 is 9.59 Å². The van der Waals surface area contributed by atoms with Crippen molar-refractivity contribution in [2.24, 2.45) is 11.8 Å². The van der Waals surface area contributed by atoms with E-state index < -0.39 is 0 Å². The van der Waals surface area contributed by atoms with E-state index in [0.717, 1.165) is 36.9 Å². The van der Waals surface area contributed by atoms with E-state index in [1.807, 2.05) is 31.2 Å². The van der Waals surface area contributed by atoms with Gasteiger partial charge >= 0.3 is 0 Å². The van der Waals surface area contributed by atoms with Gasteiger partial charge in [0.2, 0.25) is 11.8 Å². The fourth-order valence-electron chi connectivity index (χ4n) is 4.60. The van der Waals surface area contributed by atoms with E-state index in [1.165, 1.54) is 11.3 Å². The molecular formula is C18H22N2O2. The molecule has 116 valence electrons. The van der Waals surface area contributed by atoms with Crippen LogP contribution in [-0.4, -0.2) is 23.9 Å². The number of carbonyl (C=O) groups excluding carboxylic acids is 2. The number of hydrogen-bond acceptors (Lipinski definition) is 3. The van der Waals surface area contributed by atoms with E-state index in [4.69, 9.17) is 0 Å². The third-order valence-electron chi connectivity index (χ3n) is 5.73. The molecule has 0 bridgehead atoms. The molecule has 1 aromatic carbocycles. The Bertz CT molecular complexity index is 616. The standard InChI is InChI=1S/C18H22N2O2/c1-12-5-7-13(8-6-12)20-16(21)14-11-19-18(15(14)17(20)22)9-3-2-4-10-18/h5-8,14-15,19H,2-4,9-11H2,1H3. The third kappa shape index (κ3) is 1.86. The molecule has 1 saturated carbocycles. The summed E-state index contributed by atoms with van der Waals surface area (Å²) in [6, 6.07) is 7.68. The second kappa shape index (κ2) is 4.92.